The molecule has 6 heteroatoms. The molecule has 0 bridgehead atoms. The van der Waals surface area contributed by atoms with Gasteiger partial charge in [0.1, 0.15) is 0 Å². The molecule has 2 aliphatic rings. The van der Waals surface area contributed by atoms with E-state index in [1.165, 1.54) is 25.0 Å². The van der Waals surface area contributed by atoms with Gasteiger partial charge < -0.3 is 5.32 Å². The van der Waals surface area contributed by atoms with Crippen LogP contribution in [0.15, 0.2) is 0 Å². The molecule has 1 saturated carbocycles. The fourth-order valence-electron chi connectivity index (χ4n) is 1.85. The first-order valence-corrected chi connectivity index (χ1v) is 6.67. The van der Waals surface area contributed by atoms with Gasteiger partial charge in [0.25, 0.3) is 0 Å². The summed E-state index contributed by atoms with van der Waals surface area (Å²) in [6, 6.07) is 1.23. The minimum Gasteiger partial charge on any atom is -0.307 e. The van der Waals surface area contributed by atoms with Crippen molar-refractivity contribution in [2.24, 2.45) is 0 Å². The van der Waals surface area contributed by atoms with Crippen LogP contribution in [0.4, 0.5) is 0 Å². The Morgan fingerprint density at radius 3 is 3.07 bits per heavy atom. The minimum absolute atomic E-state index is 0.515. The van der Waals surface area contributed by atoms with Crippen molar-refractivity contribution in [2.75, 3.05) is 11.5 Å². The first kappa shape index (κ1) is 9.59. The lowest BCUT2D eigenvalue weighted by atomic mass is 10.3. The van der Waals surface area contributed by atoms with E-state index < -0.39 is 0 Å². The second-order valence-corrected chi connectivity index (χ2v) is 5.36. The maximum absolute atomic E-state index is 4.10. The van der Waals surface area contributed by atoms with Crippen LogP contribution in [0.25, 0.3) is 0 Å². The average molecular weight is 225 g/mol. The lowest BCUT2D eigenvalue weighted by Crippen LogP contribution is -2.21. The van der Waals surface area contributed by atoms with Crippen LogP contribution in [0.1, 0.15) is 31.1 Å². The summed E-state index contributed by atoms with van der Waals surface area (Å²) in [5.74, 6) is 3.39. The third-order valence-corrected chi connectivity index (χ3v) is 4.08. The normalized spacial score (nSPS) is 26.0. The number of tetrazole rings is 1. The van der Waals surface area contributed by atoms with Gasteiger partial charge in [-0.05, 0) is 35.4 Å². The molecule has 15 heavy (non-hydrogen) atoms. The average Bonchev–Trinajstić information content (AvgIpc) is 2.79. The summed E-state index contributed by atoms with van der Waals surface area (Å²) in [5, 5.41) is 15.4. The summed E-state index contributed by atoms with van der Waals surface area (Å²) >= 11 is 1.99. The quantitative estimate of drug-likeness (QED) is 0.813. The SMILES string of the molecule is C1CC(n2nnnc2CNC2CC2)CS1. The number of nitrogens with one attached hydrogen (secondary N) is 1. The molecule has 82 valence electrons. The molecule has 2 heterocycles. The van der Waals surface area contributed by atoms with Crippen LogP contribution in [0.5, 0.6) is 0 Å². The highest BCUT2D eigenvalue weighted by Crippen LogP contribution is 2.27. The van der Waals surface area contributed by atoms with E-state index in [9.17, 15) is 0 Å². The molecule has 1 aliphatic carbocycles. The maximum atomic E-state index is 4.10. The van der Waals surface area contributed by atoms with Crippen LogP contribution in [0.2, 0.25) is 0 Å². The highest BCUT2D eigenvalue weighted by Gasteiger charge is 2.24. The van der Waals surface area contributed by atoms with Crippen molar-refractivity contribution in [1.82, 2.24) is 25.5 Å². The molecule has 0 amide bonds. The van der Waals surface area contributed by atoms with Gasteiger partial charge in [0, 0.05) is 11.8 Å². The summed E-state index contributed by atoms with van der Waals surface area (Å²) < 4.78 is 2.01. The van der Waals surface area contributed by atoms with Gasteiger partial charge in [-0.15, -0.1) is 5.10 Å². The second kappa shape index (κ2) is 4.09. The number of hydrogen-bond donors (Lipinski definition) is 1. The van der Waals surface area contributed by atoms with Gasteiger partial charge in [-0.2, -0.15) is 11.8 Å². The largest absolute Gasteiger partial charge is 0.307 e. The molecular weight excluding hydrogens is 210 g/mol. The summed E-state index contributed by atoms with van der Waals surface area (Å²) in [6.45, 7) is 0.818. The first-order valence-electron chi connectivity index (χ1n) is 5.51. The van der Waals surface area contributed by atoms with E-state index in [1.807, 2.05) is 16.4 Å². The third-order valence-electron chi connectivity index (χ3n) is 2.94. The molecule has 1 aliphatic heterocycles. The van der Waals surface area contributed by atoms with Crippen molar-refractivity contribution in [3.05, 3.63) is 5.82 Å². The number of hydrogen-bond acceptors (Lipinski definition) is 5. The number of nitrogens with zero attached hydrogens (tertiary/aromatic N) is 4. The van der Waals surface area contributed by atoms with Crippen molar-refractivity contribution in [1.29, 1.82) is 0 Å². The Morgan fingerprint density at radius 2 is 2.33 bits per heavy atom. The van der Waals surface area contributed by atoms with Crippen LogP contribution in [-0.4, -0.2) is 37.8 Å². The van der Waals surface area contributed by atoms with Crippen molar-refractivity contribution in [3.8, 4) is 0 Å². The van der Waals surface area contributed by atoms with E-state index in [2.05, 4.69) is 20.8 Å². The molecule has 1 unspecified atom stereocenters. The molecule has 1 aromatic heterocycles. The van der Waals surface area contributed by atoms with E-state index in [1.54, 1.807) is 0 Å². The van der Waals surface area contributed by atoms with Crippen LogP contribution in [0, 0.1) is 0 Å². The lowest BCUT2D eigenvalue weighted by Gasteiger charge is -2.10. The Hall–Kier alpha value is -0.620. The van der Waals surface area contributed by atoms with E-state index in [0.717, 1.165) is 18.1 Å². The van der Waals surface area contributed by atoms with E-state index in [-0.39, 0.29) is 0 Å². The Bertz CT molecular complexity index is 329. The molecule has 1 saturated heterocycles. The third kappa shape index (κ3) is 2.15. The van der Waals surface area contributed by atoms with Gasteiger partial charge in [0.05, 0.1) is 12.6 Å². The van der Waals surface area contributed by atoms with Gasteiger partial charge in [-0.1, -0.05) is 0 Å². The van der Waals surface area contributed by atoms with E-state index in [0.29, 0.717) is 12.1 Å². The molecule has 1 N–H and O–H groups in total. The number of rotatable bonds is 4. The zero-order chi connectivity index (χ0) is 10.1. The summed E-state index contributed by atoms with van der Waals surface area (Å²) in [6.07, 6.45) is 3.81. The maximum Gasteiger partial charge on any atom is 0.165 e. The second-order valence-electron chi connectivity index (χ2n) is 4.21. The van der Waals surface area contributed by atoms with Gasteiger partial charge in [-0.25, -0.2) is 4.68 Å². The Labute approximate surface area is 93.0 Å². The van der Waals surface area contributed by atoms with Crippen molar-refractivity contribution < 1.29 is 0 Å². The van der Waals surface area contributed by atoms with Crippen LogP contribution < -0.4 is 5.32 Å². The van der Waals surface area contributed by atoms with Crippen LogP contribution in [0.3, 0.4) is 0 Å². The van der Waals surface area contributed by atoms with Crippen molar-refractivity contribution >= 4 is 11.8 Å². The Kier molecular flexibility index (Phi) is 2.62. The molecule has 0 radical (unpaired) electrons. The molecule has 1 atom stereocenters. The monoisotopic (exact) mass is 225 g/mol. The van der Waals surface area contributed by atoms with Gasteiger partial charge >= 0.3 is 0 Å². The summed E-state index contributed by atoms with van der Waals surface area (Å²) in [5.41, 5.74) is 0. The lowest BCUT2D eigenvalue weighted by molar-refractivity contribution is 0.458. The van der Waals surface area contributed by atoms with Crippen LogP contribution in [-0.2, 0) is 6.54 Å². The van der Waals surface area contributed by atoms with Crippen molar-refractivity contribution in [2.45, 2.75) is 37.9 Å². The topological polar surface area (TPSA) is 55.6 Å². The molecule has 3 rings (SSSR count). The van der Waals surface area contributed by atoms with Gasteiger partial charge in [-0.3, -0.25) is 0 Å². The Morgan fingerprint density at radius 1 is 1.40 bits per heavy atom. The minimum atomic E-state index is 0.515. The number of thioether (sulfide) groups is 1. The fourth-order valence-corrected chi connectivity index (χ4v) is 3.04. The van der Waals surface area contributed by atoms with E-state index in [4.69, 9.17) is 0 Å². The molecule has 1 aromatic rings. The molecule has 5 nitrogen and oxygen atoms in total. The summed E-state index contributed by atoms with van der Waals surface area (Å²) in [7, 11) is 0. The van der Waals surface area contributed by atoms with Gasteiger partial charge in [0.2, 0.25) is 0 Å². The van der Waals surface area contributed by atoms with Gasteiger partial charge in [0.15, 0.2) is 5.82 Å². The highest BCUT2D eigenvalue weighted by atomic mass is 32.2. The first-order chi connectivity index (χ1) is 7.43. The number of aromatic nitrogens is 4. The summed E-state index contributed by atoms with van der Waals surface area (Å²) in [4.78, 5) is 0. The predicted molar refractivity (Wildman–Crippen MR) is 58.7 cm³/mol. The predicted octanol–water partition coefficient (Wildman–Crippen LogP) is 0.603. The standard InChI is InChI=1S/C9H15N5S/c1-2-7(1)10-5-9-11-12-13-14(9)8-3-4-15-6-8/h7-8,10H,1-6H2. The molecule has 0 spiro atoms. The smallest absolute Gasteiger partial charge is 0.165 e. The molecular formula is C9H15N5S. The Balaban J connectivity index is 1.67. The fraction of sp³-hybridized carbons (Fsp3) is 0.889. The molecule has 2 fully saturated rings. The zero-order valence-corrected chi connectivity index (χ0v) is 9.41. The van der Waals surface area contributed by atoms with Crippen molar-refractivity contribution in [3.63, 3.8) is 0 Å². The van der Waals surface area contributed by atoms with E-state index >= 15 is 0 Å². The highest BCUT2D eigenvalue weighted by molar-refractivity contribution is 7.99. The molecule has 0 aromatic carbocycles. The van der Waals surface area contributed by atoms with Crippen LogP contribution >= 0.6 is 11.8 Å². The zero-order valence-electron chi connectivity index (χ0n) is 8.59.